The third kappa shape index (κ3) is 3.98. The Hall–Kier alpha value is -3.06. The molecule has 7 nitrogen and oxygen atoms in total. The molecular weight excluding hydrogens is 459 g/mol. The van der Waals surface area contributed by atoms with Crippen molar-refractivity contribution in [1.29, 1.82) is 0 Å². The number of halogens is 6. The minimum absolute atomic E-state index is 0.262. The summed E-state index contributed by atoms with van der Waals surface area (Å²) in [4.78, 5) is 11.7. The Bertz CT molecular complexity index is 1220. The monoisotopic (exact) mass is 466 g/mol. The average molecular weight is 467 g/mol. The molecule has 0 radical (unpaired) electrons. The Morgan fingerprint density at radius 3 is 2.20 bits per heavy atom. The molecule has 1 amide bonds. The van der Waals surface area contributed by atoms with Gasteiger partial charge in [0.1, 0.15) is 10.6 Å². The number of carbonyl (C=O) groups excluding carboxylic acids is 1. The van der Waals surface area contributed by atoms with Gasteiger partial charge < -0.3 is 0 Å². The summed E-state index contributed by atoms with van der Waals surface area (Å²) in [7, 11) is -4.70. The molecule has 158 valence electrons. The second-order valence-electron chi connectivity index (χ2n) is 5.63. The number of hydrogen-bond donors (Lipinski definition) is 1. The summed E-state index contributed by atoms with van der Waals surface area (Å²) in [5.41, 5.74) is -4.73. The van der Waals surface area contributed by atoms with Crippen LogP contribution in [0.25, 0.3) is 5.69 Å². The molecule has 30 heavy (non-hydrogen) atoms. The van der Waals surface area contributed by atoms with Crippen LogP contribution >= 0.6 is 11.6 Å². The highest BCUT2D eigenvalue weighted by Gasteiger charge is 2.43. The molecule has 0 aliphatic heterocycles. The number of alkyl halides is 3. The Kier molecular flexibility index (Phi) is 5.52. The van der Waals surface area contributed by atoms with Crippen molar-refractivity contribution in [3.05, 3.63) is 70.5 Å². The molecule has 0 atom stereocenters. The van der Waals surface area contributed by atoms with Crippen LogP contribution in [0.1, 0.15) is 16.2 Å². The van der Waals surface area contributed by atoms with Crippen molar-refractivity contribution in [1.82, 2.24) is 19.7 Å². The van der Waals surface area contributed by atoms with Gasteiger partial charge in [0.05, 0.1) is 5.02 Å². The molecule has 0 aliphatic carbocycles. The van der Waals surface area contributed by atoms with Crippen LogP contribution in [0, 0.1) is 11.6 Å². The van der Waals surface area contributed by atoms with E-state index < -0.39 is 55.7 Å². The number of nitrogens with one attached hydrogen (secondary N) is 1. The summed E-state index contributed by atoms with van der Waals surface area (Å²) < 4.78 is 94.4. The van der Waals surface area contributed by atoms with Gasteiger partial charge in [-0.25, -0.2) is 26.6 Å². The summed E-state index contributed by atoms with van der Waals surface area (Å²) in [5.74, 6) is -4.66. The minimum atomic E-state index is -5.38. The molecule has 3 aromatic rings. The van der Waals surface area contributed by atoms with Crippen molar-refractivity contribution in [3.63, 3.8) is 0 Å². The van der Waals surface area contributed by atoms with Crippen LogP contribution in [0.4, 0.5) is 22.0 Å². The van der Waals surface area contributed by atoms with E-state index in [2.05, 4.69) is 10.3 Å². The quantitative estimate of drug-likeness (QED) is 0.595. The lowest BCUT2D eigenvalue weighted by molar-refractivity contribution is -0.143. The molecule has 0 fully saturated rings. The zero-order valence-corrected chi connectivity index (χ0v) is 15.9. The molecule has 2 aromatic carbocycles. The van der Waals surface area contributed by atoms with Gasteiger partial charge in [-0.05, 0) is 24.3 Å². The maximum Gasteiger partial charge on any atom is 0.435 e. The van der Waals surface area contributed by atoms with Crippen LogP contribution in [0.2, 0.25) is 5.02 Å². The third-order valence-corrected chi connectivity index (χ3v) is 5.49. The fourth-order valence-electron chi connectivity index (χ4n) is 2.43. The molecule has 0 bridgehead atoms. The molecule has 1 N–H and O–H groups in total. The van der Waals surface area contributed by atoms with Gasteiger partial charge in [0, 0.05) is 0 Å². The second-order valence-corrected chi connectivity index (χ2v) is 7.69. The van der Waals surface area contributed by atoms with Gasteiger partial charge >= 0.3 is 6.18 Å². The molecular formula is C16H8ClF5N4O3S. The van der Waals surface area contributed by atoms with Crippen molar-refractivity contribution < 1.29 is 35.2 Å². The van der Waals surface area contributed by atoms with Crippen molar-refractivity contribution in [2.24, 2.45) is 0 Å². The molecule has 0 unspecified atom stereocenters. The highest BCUT2D eigenvalue weighted by atomic mass is 35.5. The maximum atomic E-state index is 13.9. The zero-order valence-electron chi connectivity index (χ0n) is 14.3. The van der Waals surface area contributed by atoms with Gasteiger partial charge in [0.2, 0.25) is 0 Å². The van der Waals surface area contributed by atoms with Crippen molar-refractivity contribution in [3.8, 4) is 5.69 Å². The van der Waals surface area contributed by atoms with E-state index in [0.717, 1.165) is 12.1 Å². The highest BCUT2D eigenvalue weighted by Crippen LogP contribution is 2.34. The SMILES string of the molecule is O=C(NS(=O)(=O)c1ccccc1Cl)c1nnn(-c2c(F)cccc2F)c1C(F)(F)F. The second kappa shape index (κ2) is 7.65. The number of amides is 1. The van der Waals surface area contributed by atoms with Crippen LogP contribution < -0.4 is 4.72 Å². The van der Waals surface area contributed by atoms with E-state index in [0.29, 0.717) is 12.1 Å². The number of nitrogens with zero attached hydrogens (tertiary/aromatic N) is 3. The summed E-state index contributed by atoms with van der Waals surface area (Å²) in [6, 6.07) is 7.09. The molecule has 0 saturated carbocycles. The van der Waals surface area contributed by atoms with Crippen molar-refractivity contribution in [2.45, 2.75) is 11.1 Å². The van der Waals surface area contributed by atoms with Gasteiger partial charge in [-0.3, -0.25) is 4.79 Å². The molecule has 14 heteroatoms. The summed E-state index contributed by atoms with van der Waals surface area (Å²) in [6.07, 6.45) is -5.38. The van der Waals surface area contributed by atoms with Crippen LogP contribution in [-0.2, 0) is 16.2 Å². The van der Waals surface area contributed by atoms with Crippen molar-refractivity contribution >= 4 is 27.5 Å². The predicted molar refractivity (Wildman–Crippen MR) is 92.4 cm³/mol. The third-order valence-electron chi connectivity index (χ3n) is 3.66. The fraction of sp³-hybridized carbons (Fsp3) is 0.0625. The van der Waals surface area contributed by atoms with Crippen molar-refractivity contribution in [2.75, 3.05) is 0 Å². The maximum absolute atomic E-state index is 13.9. The molecule has 0 saturated heterocycles. The summed E-state index contributed by atoms with van der Waals surface area (Å²) in [5, 5.41) is 5.69. The van der Waals surface area contributed by atoms with E-state index >= 15 is 0 Å². The molecule has 3 rings (SSSR count). The van der Waals surface area contributed by atoms with E-state index in [9.17, 15) is 35.2 Å². The summed E-state index contributed by atoms with van der Waals surface area (Å²) >= 11 is 5.74. The van der Waals surface area contributed by atoms with E-state index in [1.807, 2.05) is 0 Å². The molecule has 0 spiro atoms. The van der Waals surface area contributed by atoms with Crippen LogP contribution in [-0.4, -0.2) is 29.3 Å². The molecule has 1 heterocycles. The molecule has 1 aromatic heterocycles. The lowest BCUT2D eigenvalue weighted by Crippen LogP contribution is -2.33. The summed E-state index contributed by atoms with van der Waals surface area (Å²) in [6.45, 7) is 0. The number of benzene rings is 2. The first-order chi connectivity index (χ1) is 13.9. The topological polar surface area (TPSA) is 93.9 Å². The first-order valence-electron chi connectivity index (χ1n) is 7.72. The molecule has 0 aliphatic rings. The van der Waals surface area contributed by atoms with E-state index in [1.54, 1.807) is 0 Å². The number of hydrogen-bond acceptors (Lipinski definition) is 5. The Morgan fingerprint density at radius 1 is 1.03 bits per heavy atom. The number of sulfonamides is 1. The van der Waals surface area contributed by atoms with Gasteiger partial charge in [0.25, 0.3) is 15.9 Å². The smallest absolute Gasteiger partial charge is 0.266 e. The lowest BCUT2D eigenvalue weighted by atomic mass is 10.2. The standard InChI is InChI=1S/C16H8ClF5N4O3S/c17-8-4-1-2-7-11(8)30(28,29)24-15(27)12-14(16(20,21)22)26(25-23-12)13-9(18)5-3-6-10(13)19/h1-7H,(H,24,27). The van der Waals surface area contributed by atoms with E-state index in [4.69, 9.17) is 11.6 Å². The van der Waals surface area contributed by atoms with Gasteiger partial charge in [-0.15, -0.1) is 5.10 Å². The normalized spacial score (nSPS) is 12.1. The van der Waals surface area contributed by atoms with E-state index in [-0.39, 0.29) is 9.70 Å². The Balaban J connectivity index is 2.10. The largest absolute Gasteiger partial charge is 0.435 e. The lowest BCUT2D eigenvalue weighted by Gasteiger charge is -2.12. The fourth-order valence-corrected chi connectivity index (χ4v) is 3.90. The van der Waals surface area contributed by atoms with Crippen LogP contribution in [0.15, 0.2) is 47.4 Å². The minimum Gasteiger partial charge on any atom is -0.266 e. The Labute approximate surface area is 170 Å². The number of rotatable bonds is 4. The Morgan fingerprint density at radius 2 is 1.63 bits per heavy atom. The van der Waals surface area contributed by atoms with Gasteiger partial charge in [-0.1, -0.05) is 35.0 Å². The predicted octanol–water partition coefficient (Wildman–Crippen LogP) is 3.34. The average Bonchev–Trinajstić information content (AvgIpc) is 3.07. The highest BCUT2D eigenvalue weighted by molar-refractivity contribution is 7.90. The van der Waals surface area contributed by atoms with Gasteiger partial charge in [0.15, 0.2) is 23.0 Å². The zero-order chi connectivity index (χ0) is 22.3. The van der Waals surface area contributed by atoms with Gasteiger partial charge in [-0.2, -0.15) is 13.2 Å². The number of para-hydroxylation sites is 1. The number of aromatic nitrogens is 3. The van der Waals surface area contributed by atoms with Crippen LogP contribution in [0.5, 0.6) is 0 Å². The number of carbonyl (C=O) groups is 1. The first kappa shape index (κ1) is 21.6. The van der Waals surface area contributed by atoms with E-state index in [1.165, 1.54) is 22.9 Å². The first-order valence-corrected chi connectivity index (χ1v) is 9.58. The van der Waals surface area contributed by atoms with Crippen LogP contribution in [0.3, 0.4) is 0 Å².